The minimum atomic E-state index is -4.75. The molecule has 1 aliphatic heterocycles. The van der Waals surface area contributed by atoms with Crippen molar-refractivity contribution in [1.29, 1.82) is 0 Å². The molecule has 2 aromatic rings. The molecule has 2 aromatic carbocycles. The lowest BCUT2D eigenvalue weighted by molar-refractivity contribution is -0.274. The van der Waals surface area contributed by atoms with Crippen LogP contribution >= 0.6 is 0 Å². The number of para-hydroxylation sites is 2. The van der Waals surface area contributed by atoms with Crippen LogP contribution in [0.4, 0.5) is 35.0 Å². The number of anilines is 3. The first-order valence-electron chi connectivity index (χ1n) is 8.68. The summed E-state index contributed by atoms with van der Waals surface area (Å²) in [6, 6.07) is 12.1. The van der Waals surface area contributed by atoms with E-state index in [1.807, 2.05) is 24.3 Å². The summed E-state index contributed by atoms with van der Waals surface area (Å²) in [5, 5.41) is 5.41. The highest BCUT2D eigenvalue weighted by Gasteiger charge is 2.31. The number of alkyl halides is 3. The Kier molecular flexibility index (Phi) is 5.73. The standard InChI is InChI=1S/C19H20F3N3O2/c20-19(21,22)27-15-10-8-14(9-11-15)23-18(26)24-16-6-2-3-7-17(16)25-12-4-1-5-13-25/h2-3,6-11H,1,4-5,12-13H2,(H2,23,24,26). The lowest BCUT2D eigenvalue weighted by Crippen LogP contribution is -2.30. The van der Waals surface area contributed by atoms with Gasteiger partial charge >= 0.3 is 12.4 Å². The van der Waals surface area contributed by atoms with Gasteiger partial charge in [-0.1, -0.05) is 12.1 Å². The van der Waals surface area contributed by atoms with Crippen LogP contribution in [0.5, 0.6) is 5.75 Å². The molecule has 2 N–H and O–H groups in total. The maximum atomic E-state index is 12.3. The van der Waals surface area contributed by atoms with Gasteiger partial charge in [0.1, 0.15) is 5.75 Å². The van der Waals surface area contributed by atoms with Gasteiger partial charge in [0.15, 0.2) is 0 Å². The van der Waals surface area contributed by atoms with Crippen LogP contribution in [0.25, 0.3) is 0 Å². The SMILES string of the molecule is O=C(Nc1ccc(OC(F)(F)F)cc1)Nc1ccccc1N1CCCCC1. The van der Waals surface area contributed by atoms with Crippen molar-refractivity contribution in [3.8, 4) is 5.75 Å². The molecular formula is C19H20F3N3O2. The highest BCUT2D eigenvalue weighted by Crippen LogP contribution is 2.28. The van der Waals surface area contributed by atoms with Crippen molar-refractivity contribution >= 4 is 23.1 Å². The monoisotopic (exact) mass is 379 g/mol. The number of nitrogens with one attached hydrogen (secondary N) is 2. The van der Waals surface area contributed by atoms with Crippen LogP contribution in [0.1, 0.15) is 19.3 Å². The van der Waals surface area contributed by atoms with E-state index >= 15 is 0 Å². The molecule has 1 fully saturated rings. The number of hydrogen-bond acceptors (Lipinski definition) is 3. The summed E-state index contributed by atoms with van der Waals surface area (Å²) in [6.45, 7) is 1.89. The van der Waals surface area contributed by atoms with Gasteiger partial charge in [0.05, 0.1) is 11.4 Å². The quantitative estimate of drug-likeness (QED) is 0.766. The average molecular weight is 379 g/mol. The van der Waals surface area contributed by atoms with Crippen molar-refractivity contribution in [2.45, 2.75) is 25.6 Å². The second-order valence-electron chi connectivity index (χ2n) is 6.22. The van der Waals surface area contributed by atoms with E-state index in [0.717, 1.165) is 43.8 Å². The van der Waals surface area contributed by atoms with E-state index in [0.29, 0.717) is 11.4 Å². The summed E-state index contributed by atoms with van der Waals surface area (Å²) in [5.74, 6) is -0.344. The number of ether oxygens (including phenoxy) is 1. The molecule has 27 heavy (non-hydrogen) atoms. The normalized spacial score (nSPS) is 14.6. The Morgan fingerprint density at radius 1 is 0.926 bits per heavy atom. The molecule has 0 spiro atoms. The van der Waals surface area contributed by atoms with Gasteiger partial charge in [-0.25, -0.2) is 4.79 Å². The fourth-order valence-electron chi connectivity index (χ4n) is 3.01. The van der Waals surface area contributed by atoms with E-state index in [1.165, 1.54) is 18.6 Å². The number of carbonyl (C=O) groups excluding carboxylic acids is 1. The smallest absolute Gasteiger partial charge is 0.406 e. The molecule has 2 amide bonds. The fourth-order valence-corrected chi connectivity index (χ4v) is 3.01. The molecule has 1 aliphatic rings. The van der Waals surface area contributed by atoms with Crippen molar-refractivity contribution in [1.82, 2.24) is 0 Å². The number of rotatable bonds is 4. The van der Waals surface area contributed by atoms with Gasteiger partial charge in [0.25, 0.3) is 0 Å². The van der Waals surface area contributed by atoms with Crippen molar-refractivity contribution in [2.24, 2.45) is 0 Å². The summed E-state index contributed by atoms with van der Waals surface area (Å²) in [6.07, 6.45) is -1.30. The Morgan fingerprint density at radius 3 is 2.26 bits per heavy atom. The highest BCUT2D eigenvalue weighted by molar-refractivity contribution is 6.01. The predicted molar refractivity (Wildman–Crippen MR) is 98.3 cm³/mol. The van der Waals surface area contributed by atoms with Crippen LogP contribution in [0.15, 0.2) is 48.5 Å². The van der Waals surface area contributed by atoms with E-state index in [4.69, 9.17) is 0 Å². The first kappa shape index (κ1) is 18.9. The first-order chi connectivity index (χ1) is 12.9. The number of urea groups is 1. The van der Waals surface area contributed by atoms with Gasteiger partial charge in [-0.05, 0) is 55.7 Å². The van der Waals surface area contributed by atoms with E-state index in [9.17, 15) is 18.0 Å². The summed E-state index contributed by atoms with van der Waals surface area (Å²) in [7, 11) is 0. The van der Waals surface area contributed by atoms with Gasteiger partial charge in [0, 0.05) is 18.8 Å². The number of nitrogens with zero attached hydrogens (tertiary/aromatic N) is 1. The zero-order chi connectivity index (χ0) is 19.3. The Bertz CT molecular complexity index is 773. The number of hydrogen-bond donors (Lipinski definition) is 2. The molecule has 1 saturated heterocycles. The Morgan fingerprint density at radius 2 is 1.59 bits per heavy atom. The molecule has 0 saturated carbocycles. The minimum Gasteiger partial charge on any atom is -0.406 e. The van der Waals surface area contributed by atoms with Crippen molar-refractivity contribution in [2.75, 3.05) is 28.6 Å². The van der Waals surface area contributed by atoms with E-state index in [1.54, 1.807) is 0 Å². The molecule has 1 heterocycles. The van der Waals surface area contributed by atoms with Gasteiger partial charge in [0.2, 0.25) is 0 Å². The molecule has 0 atom stereocenters. The molecular weight excluding hydrogens is 359 g/mol. The zero-order valence-electron chi connectivity index (χ0n) is 14.6. The van der Waals surface area contributed by atoms with E-state index in [-0.39, 0.29) is 5.75 Å². The average Bonchev–Trinajstić information content (AvgIpc) is 2.63. The molecule has 0 unspecified atom stereocenters. The highest BCUT2D eigenvalue weighted by atomic mass is 19.4. The molecule has 3 rings (SSSR count). The number of amides is 2. The second kappa shape index (κ2) is 8.20. The molecule has 0 aromatic heterocycles. The van der Waals surface area contributed by atoms with Gasteiger partial charge < -0.3 is 20.3 Å². The molecule has 144 valence electrons. The zero-order valence-corrected chi connectivity index (χ0v) is 14.6. The number of benzene rings is 2. The molecule has 8 heteroatoms. The number of piperidine rings is 1. The second-order valence-corrected chi connectivity index (χ2v) is 6.22. The third-order valence-electron chi connectivity index (χ3n) is 4.19. The Balaban J connectivity index is 1.63. The molecule has 0 radical (unpaired) electrons. The topological polar surface area (TPSA) is 53.6 Å². The molecule has 0 aliphatic carbocycles. The number of carbonyl (C=O) groups is 1. The predicted octanol–water partition coefficient (Wildman–Crippen LogP) is 5.22. The van der Waals surface area contributed by atoms with Crippen molar-refractivity contribution < 1.29 is 22.7 Å². The van der Waals surface area contributed by atoms with Crippen LogP contribution in [0.3, 0.4) is 0 Å². The summed E-state index contributed by atoms with van der Waals surface area (Å²) < 4.78 is 40.3. The summed E-state index contributed by atoms with van der Waals surface area (Å²) in [5.41, 5.74) is 2.01. The third kappa shape index (κ3) is 5.54. The first-order valence-corrected chi connectivity index (χ1v) is 8.68. The van der Waals surface area contributed by atoms with Gasteiger partial charge in [-0.3, -0.25) is 0 Å². The Labute approximate surface area is 155 Å². The Hall–Kier alpha value is -2.90. The van der Waals surface area contributed by atoms with Crippen LogP contribution in [-0.2, 0) is 0 Å². The van der Waals surface area contributed by atoms with Crippen LogP contribution < -0.4 is 20.3 Å². The fraction of sp³-hybridized carbons (Fsp3) is 0.316. The van der Waals surface area contributed by atoms with Gasteiger partial charge in [-0.15, -0.1) is 13.2 Å². The van der Waals surface area contributed by atoms with Crippen LogP contribution in [0, 0.1) is 0 Å². The van der Waals surface area contributed by atoms with Gasteiger partial charge in [-0.2, -0.15) is 0 Å². The number of halogens is 3. The van der Waals surface area contributed by atoms with Crippen molar-refractivity contribution in [3.05, 3.63) is 48.5 Å². The maximum absolute atomic E-state index is 12.3. The van der Waals surface area contributed by atoms with E-state index < -0.39 is 12.4 Å². The van der Waals surface area contributed by atoms with Crippen LogP contribution in [-0.4, -0.2) is 25.5 Å². The summed E-state index contributed by atoms with van der Waals surface area (Å²) in [4.78, 5) is 14.5. The maximum Gasteiger partial charge on any atom is 0.573 e. The lowest BCUT2D eigenvalue weighted by atomic mass is 10.1. The third-order valence-corrected chi connectivity index (χ3v) is 4.19. The minimum absolute atomic E-state index is 0.344. The summed E-state index contributed by atoms with van der Waals surface area (Å²) >= 11 is 0. The molecule has 5 nitrogen and oxygen atoms in total. The van der Waals surface area contributed by atoms with Crippen LogP contribution in [0.2, 0.25) is 0 Å². The lowest BCUT2D eigenvalue weighted by Gasteiger charge is -2.30. The van der Waals surface area contributed by atoms with E-state index in [2.05, 4.69) is 20.3 Å². The van der Waals surface area contributed by atoms with Crippen molar-refractivity contribution in [3.63, 3.8) is 0 Å². The largest absolute Gasteiger partial charge is 0.573 e. The molecule has 0 bridgehead atoms.